The number of hydrogen-bond donors (Lipinski definition) is 2. The second-order valence-corrected chi connectivity index (χ2v) is 7.04. The fraction of sp³-hybridized carbons (Fsp3) is 0.214. The monoisotopic (exact) mass is 318 g/mol. The van der Waals surface area contributed by atoms with Gasteiger partial charge in [-0.05, 0) is 19.9 Å². The number of aryl methyl sites for hydroxylation is 1. The van der Waals surface area contributed by atoms with Gasteiger partial charge in [-0.2, -0.15) is 0 Å². The Bertz CT molecular complexity index is 808. The summed E-state index contributed by atoms with van der Waals surface area (Å²) in [6.07, 6.45) is 5.21. The van der Waals surface area contributed by atoms with E-state index in [1.165, 1.54) is 11.3 Å². The van der Waals surface area contributed by atoms with Gasteiger partial charge in [0.05, 0.1) is 16.4 Å². The second kappa shape index (κ2) is 5.42. The van der Waals surface area contributed by atoms with Gasteiger partial charge in [-0.3, -0.25) is 9.78 Å². The number of hydrogen-bond acceptors (Lipinski definition) is 6. The number of carbonyl (C=O) groups is 1. The van der Waals surface area contributed by atoms with Gasteiger partial charge in [-0.15, -0.1) is 22.7 Å². The molecule has 0 aromatic carbocycles. The smallest absolute Gasteiger partial charge is 0.264 e. The number of rotatable bonds is 3. The van der Waals surface area contributed by atoms with Crippen molar-refractivity contribution in [3.05, 3.63) is 39.4 Å². The molecule has 7 heteroatoms. The lowest BCUT2D eigenvalue weighted by molar-refractivity contribution is 0.0945. The molecule has 1 unspecified atom stereocenters. The zero-order valence-electron chi connectivity index (χ0n) is 11.6. The Kier molecular flexibility index (Phi) is 3.60. The molecular weight excluding hydrogens is 304 g/mol. The molecule has 0 bridgehead atoms. The van der Waals surface area contributed by atoms with Crippen molar-refractivity contribution in [2.24, 2.45) is 0 Å². The largest absolute Gasteiger partial charge is 0.397 e. The summed E-state index contributed by atoms with van der Waals surface area (Å²) in [6.45, 7) is 3.91. The number of pyridine rings is 1. The molecule has 3 rings (SSSR count). The van der Waals surface area contributed by atoms with Crippen molar-refractivity contribution in [2.75, 3.05) is 5.73 Å². The van der Waals surface area contributed by atoms with Crippen LogP contribution in [-0.4, -0.2) is 15.9 Å². The van der Waals surface area contributed by atoms with E-state index in [1.54, 1.807) is 23.7 Å². The molecule has 0 aliphatic rings. The summed E-state index contributed by atoms with van der Waals surface area (Å²) in [7, 11) is 0. The van der Waals surface area contributed by atoms with Gasteiger partial charge in [-0.25, -0.2) is 4.98 Å². The molecular formula is C14H14N4OS2. The lowest BCUT2D eigenvalue weighted by Crippen LogP contribution is -2.26. The van der Waals surface area contributed by atoms with E-state index in [2.05, 4.69) is 15.3 Å². The van der Waals surface area contributed by atoms with Crippen LogP contribution in [0.5, 0.6) is 0 Å². The van der Waals surface area contributed by atoms with Gasteiger partial charge in [0.1, 0.15) is 9.88 Å². The van der Waals surface area contributed by atoms with Gasteiger partial charge >= 0.3 is 0 Å². The molecule has 1 atom stereocenters. The predicted octanol–water partition coefficient (Wildman–Crippen LogP) is 3.13. The molecule has 21 heavy (non-hydrogen) atoms. The van der Waals surface area contributed by atoms with Crippen LogP contribution in [0.2, 0.25) is 0 Å². The van der Waals surface area contributed by atoms with Crippen LogP contribution in [0.25, 0.3) is 10.1 Å². The van der Waals surface area contributed by atoms with E-state index in [1.807, 2.05) is 26.1 Å². The summed E-state index contributed by atoms with van der Waals surface area (Å²) in [6, 6.07) is 1.69. The van der Waals surface area contributed by atoms with Gasteiger partial charge in [-0.1, -0.05) is 0 Å². The van der Waals surface area contributed by atoms with Crippen LogP contribution in [0.4, 0.5) is 5.69 Å². The molecule has 3 N–H and O–H groups in total. The van der Waals surface area contributed by atoms with E-state index in [0.717, 1.165) is 20.0 Å². The summed E-state index contributed by atoms with van der Waals surface area (Å²) < 4.78 is 0.915. The minimum absolute atomic E-state index is 0.140. The summed E-state index contributed by atoms with van der Waals surface area (Å²) >= 11 is 2.94. The minimum Gasteiger partial charge on any atom is -0.397 e. The number of amides is 1. The van der Waals surface area contributed by atoms with Crippen molar-refractivity contribution in [1.29, 1.82) is 0 Å². The van der Waals surface area contributed by atoms with Crippen molar-refractivity contribution in [1.82, 2.24) is 15.3 Å². The highest BCUT2D eigenvalue weighted by atomic mass is 32.1. The van der Waals surface area contributed by atoms with Gasteiger partial charge < -0.3 is 11.1 Å². The molecule has 0 aliphatic carbocycles. The Morgan fingerprint density at radius 2 is 2.19 bits per heavy atom. The highest BCUT2D eigenvalue weighted by Gasteiger charge is 2.19. The third-order valence-corrected chi connectivity index (χ3v) is 5.34. The third kappa shape index (κ3) is 2.62. The van der Waals surface area contributed by atoms with Gasteiger partial charge in [0.25, 0.3) is 5.91 Å². The first-order chi connectivity index (χ1) is 10.1. The van der Waals surface area contributed by atoms with Crippen molar-refractivity contribution in [2.45, 2.75) is 19.9 Å². The number of carbonyl (C=O) groups excluding carboxylic acids is 1. The van der Waals surface area contributed by atoms with Crippen LogP contribution in [-0.2, 0) is 0 Å². The average molecular weight is 318 g/mol. The van der Waals surface area contributed by atoms with Crippen molar-refractivity contribution < 1.29 is 4.79 Å². The van der Waals surface area contributed by atoms with E-state index in [9.17, 15) is 4.79 Å². The normalized spacial score (nSPS) is 12.5. The average Bonchev–Trinajstić information content (AvgIpc) is 3.04. The molecule has 3 aromatic rings. The Labute approximate surface area is 129 Å². The number of thiophene rings is 1. The summed E-state index contributed by atoms with van der Waals surface area (Å²) in [5, 5.41) is 4.71. The fourth-order valence-corrected chi connectivity index (χ4v) is 3.81. The first-order valence-electron chi connectivity index (χ1n) is 6.41. The van der Waals surface area contributed by atoms with Crippen LogP contribution >= 0.6 is 22.7 Å². The first kappa shape index (κ1) is 14.0. The molecule has 0 saturated carbocycles. The molecule has 3 heterocycles. The third-order valence-electron chi connectivity index (χ3n) is 3.09. The topological polar surface area (TPSA) is 80.9 Å². The maximum atomic E-state index is 12.4. The highest BCUT2D eigenvalue weighted by Crippen LogP contribution is 2.33. The van der Waals surface area contributed by atoms with Crippen LogP contribution in [0.15, 0.2) is 24.7 Å². The lowest BCUT2D eigenvalue weighted by Gasteiger charge is -2.10. The van der Waals surface area contributed by atoms with Gasteiger partial charge in [0, 0.05) is 28.9 Å². The molecule has 1 amide bonds. The minimum atomic E-state index is -0.172. The van der Waals surface area contributed by atoms with Crippen LogP contribution in [0.1, 0.15) is 32.5 Å². The van der Waals surface area contributed by atoms with Crippen molar-refractivity contribution in [3.63, 3.8) is 0 Å². The SMILES string of the molecule is Cc1cnc(C(C)NC(=O)c2sc3cnccc3c2N)s1. The number of aromatic nitrogens is 2. The molecule has 0 aliphatic heterocycles. The summed E-state index contributed by atoms with van der Waals surface area (Å²) in [4.78, 5) is 22.4. The van der Waals surface area contributed by atoms with E-state index in [-0.39, 0.29) is 11.9 Å². The maximum Gasteiger partial charge on any atom is 0.264 e. The molecule has 108 valence electrons. The van der Waals surface area contributed by atoms with Crippen LogP contribution < -0.4 is 11.1 Å². The predicted molar refractivity (Wildman–Crippen MR) is 86.8 cm³/mol. The number of nitrogens with one attached hydrogen (secondary N) is 1. The zero-order chi connectivity index (χ0) is 15.0. The Morgan fingerprint density at radius 1 is 1.38 bits per heavy atom. The molecule has 5 nitrogen and oxygen atoms in total. The highest BCUT2D eigenvalue weighted by molar-refractivity contribution is 7.21. The van der Waals surface area contributed by atoms with Crippen molar-refractivity contribution >= 4 is 44.4 Å². The molecule has 0 saturated heterocycles. The number of nitrogens with zero attached hydrogens (tertiary/aromatic N) is 2. The van der Waals surface area contributed by atoms with E-state index < -0.39 is 0 Å². The van der Waals surface area contributed by atoms with Gasteiger partial charge in [0.15, 0.2) is 0 Å². The molecule has 0 fully saturated rings. The van der Waals surface area contributed by atoms with E-state index >= 15 is 0 Å². The van der Waals surface area contributed by atoms with Crippen molar-refractivity contribution in [3.8, 4) is 0 Å². The van der Waals surface area contributed by atoms with E-state index in [4.69, 9.17) is 5.73 Å². The Morgan fingerprint density at radius 3 is 2.86 bits per heavy atom. The van der Waals surface area contributed by atoms with Crippen LogP contribution in [0, 0.1) is 6.92 Å². The molecule has 3 aromatic heterocycles. The zero-order valence-corrected chi connectivity index (χ0v) is 13.2. The number of thiazole rings is 1. The van der Waals surface area contributed by atoms with E-state index in [0.29, 0.717) is 10.6 Å². The summed E-state index contributed by atoms with van der Waals surface area (Å²) in [5.41, 5.74) is 6.58. The molecule has 0 spiro atoms. The number of nitrogens with two attached hydrogens (primary N) is 1. The quantitative estimate of drug-likeness (QED) is 0.777. The second-order valence-electron chi connectivity index (χ2n) is 4.72. The first-order valence-corrected chi connectivity index (χ1v) is 8.04. The fourth-order valence-electron chi connectivity index (χ4n) is 2.04. The lowest BCUT2D eigenvalue weighted by atomic mass is 10.2. The van der Waals surface area contributed by atoms with Crippen LogP contribution in [0.3, 0.4) is 0 Å². The number of anilines is 1. The standard InChI is InChI=1S/C14H14N4OS2/c1-7-5-17-14(20-7)8(2)18-13(19)12-11(15)9-3-4-16-6-10(9)21-12/h3-6,8H,15H2,1-2H3,(H,18,19). The molecule has 0 radical (unpaired) electrons. The Hall–Kier alpha value is -1.99. The summed E-state index contributed by atoms with van der Waals surface area (Å²) in [5.74, 6) is -0.172. The van der Waals surface area contributed by atoms with Gasteiger partial charge in [0.2, 0.25) is 0 Å². The number of fused-ring (bicyclic) bond motifs is 1. The Balaban J connectivity index is 1.85. The number of nitrogen functional groups attached to an aromatic ring is 1. The maximum absolute atomic E-state index is 12.4.